The Labute approximate surface area is 96.5 Å². The van der Waals surface area contributed by atoms with E-state index in [2.05, 4.69) is 15.6 Å². The third-order valence-corrected chi connectivity index (χ3v) is 1.96. The number of pyridine rings is 1. The van der Waals surface area contributed by atoms with Gasteiger partial charge in [-0.15, -0.1) is 0 Å². The minimum Gasteiger partial charge on any atom is -0.373 e. The molecule has 0 fully saturated rings. The number of aromatic nitrogens is 1. The Morgan fingerprint density at radius 1 is 1.31 bits per heavy atom. The number of hydrogen-bond acceptors (Lipinski definition) is 3. The van der Waals surface area contributed by atoms with Crippen LogP contribution < -0.4 is 10.6 Å². The lowest BCUT2D eigenvalue weighted by Gasteiger charge is -2.20. The SMILES string of the molecule is CNc1cc(C(=O)NC(C)(C)C)cc(C)n1. The molecule has 1 aromatic heterocycles. The molecule has 4 heteroatoms. The monoisotopic (exact) mass is 221 g/mol. The lowest BCUT2D eigenvalue weighted by atomic mass is 10.1. The number of nitrogens with one attached hydrogen (secondary N) is 2. The van der Waals surface area contributed by atoms with Gasteiger partial charge in [-0.05, 0) is 39.8 Å². The van der Waals surface area contributed by atoms with Crippen LogP contribution in [0.2, 0.25) is 0 Å². The van der Waals surface area contributed by atoms with Gasteiger partial charge in [0, 0.05) is 23.8 Å². The summed E-state index contributed by atoms with van der Waals surface area (Å²) in [7, 11) is 1.78. The topological polar surface area (TPSA) is 54.0 Å². The second kappa shape index (κ2) is 4.51. The molecule has 0 saturated carbocycles. The molecule has 0 atom stereocenters. The molecule has 0 aromatic carbocycles. The lowest BCUT2D eigenvalue weighted by Crippen LogP contribution is -2.40. The number of rotatable bonds is 2. The Morgan fingerprint density at radius 2 is 1.94 bits per heavy atom. The van der Waals surface area contributed by atoms with Gasteiger partial charge in [0.1, 0.15) is 5.82 Å². The predicted octanol–water partition coefficient (Wildman–Crippen LogP) is 1.96. The van der Waals surface area contributed by atoms with Crippen molar-refractivity contribution >= 4 is 11.7 Å². The van der Waals surface area contributed by atoms with Gasteiger partial charge in [0.15, 0.2) is 0 Å². The molecule has 0 aliphatic rings. The molecule has 0 aliphatic heterocycles. The maximum atomic E-state index is 11.9. The van der Waals surface area contributed by atoms with Crippen LogP contribution in [0.5, 0.6) is 0 Å². The molecule has 1 aromatic rings. The van der Waals surface area contributed by atoms with E-state index in [-0.39, 0.29) is 11.4 Å². The maximum absolute atomic E-state index is 11.9. The zero-order valence-corrected chi connectivity index (χ0v) is 10.5. The summed E-state index contributed by atoms with van der Waals surface area (Å²) >= 11 is 0. The molecule has 1 amide bonds. The first kappa shape index (κ1) is 12.5. The summed E-state index contributed by atoms with van der Waals surface area (Å²) < 4.78 is 0. The second-order valence-electron chi connectivity index (χ2n) is 4.84. The Hall–Kier alpha value is -1.58. The van der Waals surface area contributed by atoms with Crippen molar-refractivity contribution in [3.8, 4) is 0 Å². The van der Waals surface area contributed by atoms with Crippen LogP contribution >= 0.6 is 0 Å². The van der Waals surface area contributed by atoms with Gasteiger partial charge in [-0.3, -0.25) is 4.79 Å². The summed E-state index contributed by atoms with van der Waals surface area (Å²) in [5, 5.41) is 5.85. The first-order valence-corrected chi connectivity index (χ1v) is 5.31. The fourth-order valence-corrected chi connectivity index (χ4v) is 1.34. The zero-order chi connectivity index (χ0) is 12.3. The van der Waals surface area contributed by atoms with E-state index in [9.17, 15) is 4.79 Å². The molecule has 2 N–H and O–H groups in total. The zero-order valence-electron chi connectivity index (χ0n) is 10.5. The molecule has 0 spiro atoms. The van der Waals surface area contributed by atoms with Gasteiger partial charge in [-0.25, -0.2) is 4.98 Å². The lowest BCUT2D eigenvalue weighted by molar-refractivity contribution is 0.0919. The molecule has 88 valence electrons. The smallest absolute Gasteiger partial charge is 0.251 e. The van der Waals surface area contributed by atoms with E-state index in [1.807, 2.05) is 27.7 Å². The van der Waals surface area contributed by atoms with Crippen LogP contribution in [0.4, 0.5) is 5.82 Å². The molecular formula is C12H19N3O. The molecule has 0 saturated heterocycles. The third kappa shape index (κ3) is 3.53. The highest BCUT2D eigenvalue weighted by Crippen LogP contribution is 2.11. The molecule has 4 nitrogen and oxygen atoms in total. The van der Waals surface area contributed by atoms with Crippen molar-refractivity contribution in [1.82, 2.24) is 10.3 Å². The summed E-state index contributed by atoms with van der Waals surface area (Å²) in [5.74, 6) is 0.633. The quantitative estimate of drug-likeness (QED) is 0.802. The van der Waals surface area contributed by atoms with E-state index < -0.39 is 0 Å². The number of carbonyl (C=O) groups is 1. The van der Waals surface area contributed by atoms with Crippen molar-refractivity contribution in [2.45, 2.75) is 33.2 Å². The van der Waals surface area contributed by atoms with Gasteiger partial charge < -0.3 is 10.6 Å². The van der Waals surface area contributed by atoms with E-state index in [1.54, 1.807) is 19.2 Å². The van der Waals surface area contributed by atoms with E-state index >= 15 is 0 Å². The minimum absolute atomic E-state index is 0.0745. The van der Waals surface area contributed by atoms with Gasteiger partial charge in [0.2, 0.25) is 0 Å². The molecule has 0 radical (unpaired) electrons. The van der Waals surface area contributed by atoms with Crippen LogP contribution in [0.15, 0.2) is 12.1 Å². The van der Waals surface area contributed by atoms with Crippen LogP contribution in [0, 0.1) is 6.92 Å². The van der Waals surface area contributed by atoms with Gasteiger partial charge in [0.05, 0.1) is 0 Å². The second-order valence-corrected chi connectivity index (χ2v) is 4.84. The van der Waals surface area contributed by atoms with Crippen LogP contribution in [-0.2, 0) is 0 Å². The first-order chi connectivity index (χ1) is 7.31. The van der Waals surface area contributed by atoms with Crippen molar-refractivity contribution < 1.29 is 4.79 Å². The maximum Gasteiger partial charge on any atom is 0.251 e. The van der Waals surface area contributed by atoms with E-state index in [1.165, 1.54) is 0 Å². The standard InChI is InChI=1S/C12H19N3O/c1-8-6-9(7-10(13-5)14-8)11(16)15-12(2,3)4/h6-7H,1-5H3,(H,13,14)(H,15,16). The van der Waals surface area contributed by atoms with Crippen LogP contribution in [0.1, 0.15) is 36.8 Å². The Morgan fingerprint density at radius 3 is 2.44 bits per heavy atom. The number of hydrogen-bond donors (Lipinski definition) is 2. The van der Waals surface area contributed by atoms with Gasteiger partial charge in [-0.2, -0.15) is 0 Å². The van der Waals surface area contributed by atoms with Gasteiger partial charge >= 0.3 is 0 Å². The van der Waals surface area contributed by atoms with Crippen molar-refractivity contribution in [1.29, 1.82) is 0 Å². The summed E-state index contributed by atoms with van der Waals surface area (Å²) in [6.07, 6.45) is 0. The summed E-state index contributed by atoms with van der Waals surface area (Å²) in [6, 6.07) is 3.52. The highest BCUT2D eigenvalue weighted by atomic mass is 16.1. The molecule has 1 heterocycles. The van der Waals surface area contributed by atoms with Crippen molar-refractivity contribution in [3.63, 3.8) is 0 Å². The number of amides is 1. The normalized spacial score (nSPS) is 11.1. The number of carbonyl (C=O) groups excluding carboxylic acids is 1. The molecule has 16 heavy (non-hydrogen) atoms. The largest absolute Gasteiger partial charge is 0.373 e. The average Bonchev–Trinajstić information content (AvgIpc) is 2.14. The van der Waals surface area contributed by atoms with E-state index in [0.717, 1.165) is 5.69 Å². The summed E-state index contributed by atoms with van der Waals surface area (Å²) in [6.45, 7) is 7.74. The van der Waals surface area contributed by atoms with Crippen molar-refractivity contribution in [2.24, 2.45) is 0 Å². The summed E-state index contributed by atoms with van der Waals surface area (Å²) in [4.78, 5) is 16.2. The van der Waals surface area contributed by atoms with E-state index in [0.29, 0.717) is 11.4 Å². The minimum atomic E-state index is -0.228. The number of aryl methyl sites for hydroxylation is 1. The predicted molar refractivity (Wildman–Crippen MR) is 65.7 cm³/mol. The Balaban J connectivity index is 2.95. The first-order valence-electron chi connectivity index (χ1n) is 5.31. The fraction of sp³-hybridized carbons (Fsp3) is 0.500. The summed E-state index contributed by atoms with van der Waals surface area (Å²) in [5.41, 5.74) is 1.23. The fourth-order valence-electron chi connectivity index (χ4n) is 1.34. The highest BCUT2D eigenvalue weighted by molar-refractivity contribution is 5.95. The number of nitrogens with zero attached hydrogens (tertiary/aromatic N) is 1. The van der Waals surface area contributed by atoms with Gasteiger partial charge in [0.25, 0.3) is 5.91 Å². The molecule has 0 bridgehead atoms. The van der Waals surface area contributed by atoms with Crippen LogP contribution in [0.3, 0.4) is 0 Å². The molecule has 0 aliphatic carbocycles. The Kier molecular flexibility index (Phi) is 3.52. The molecular weight excluding hydrogens is 202 g/mol. The van der Waals surface area contributed by atoms with Crippen molar-refractivity contribution in [3.05, 3.63) is 23.4 Å². The van der Waals surface area contributed by atoms with Crippen molar-refractivity contribution in [2.75, 3.05) is 12.4 Å². The van der Waals surface area contributed by atoms with E-state index in [4.69, 9.17) is 0 Å². The highest BCUT2D eigenvalue weighted by Gasteiger charge is 2.16. The number of anilines is 1. The molecule has 1 rings (SSSR count). The van der Waals surface area contributed by atoms with Gasteiger partial charge in [-0.1, -0.05) is 0 Å². The Bertz CT molecular complexity index is 394. The third-order valence-electron chi connectivity index (χ3n) is 1.96. The van der Waals surface area contributed by atoms with Crippen LogP contribution in [0.25, 0.3) is 0 Å². The molecule has 0 unspecified atom stereocenters. The van der Waals surface area contributed by atoms with Crippen LogP contribution in [-0.4, -0.2) is 23.5 Å². The average molecular weight is 221 g/mol.